The zero-order valence-electron chi connectivity index (χ0n) is 16.6. The second kappa shape index (κ2) is 12.4. The third-order valence-electron chi connectivity index (χ3n) is 4.47. The number of fused-ring (bicyclic) bond motifs is 1. The van der Waals surface area contributed by atoms with E-state index in [1.54, 1.807) is 6.08 Å². The number of hydrogen-bond acceptors (Lipinski definition) is 4. The smallest absolute Gasteiger partial charge is 0.330 e. The predicted molar refractivity (Wildman–Crippen MR) is 115 cm³/mol. The zero-order valence-corrected chi connectivity index (χ0v) is 16.6. The fourth-order valence-electron chi connectivity index (χ4n) is 2.94. The number of carboxylic acids is 1. The van der Waals surface area contributed by atoms with Crippen molar-refractivity contribution in [2.24, 2.45) is 0 Å². The lowest BCUT2D eigenvalue weighted by Gasteiger charge is -2.08. The van der Waals surface area contributed by atoms with Gasteiger partial charge < -0.3 is 14.6 Å². The van der Waals surface area contributed by atoms with Gasteiger partial charge in [-0.05, 0) is 53.5 Å². The lowest BCUT2D eigenvalue weighted by atomic mass is 10.1. The number of rotatable bonds is 13. The van der Waals surface area contributed by atoms with Gasteiger partial charge in [0.05, 0.1) is 13.2 Å². The maximum atomic E-state index is 10.9. The highest BCUT2D eigenvalue weighted by Gasteiger charge is 2.00. The van der Waals surface area contributed by atoms with E-state index in [4.69, 9.17) is 14.6 Å². The van der Waals surface area contributed by atoms with Crippen LogP contribution in [0.1, 0.15) is 44.1 Å². The van der Waals surface area contributed by atoms with Crippen LogP contribution in [0.3, 0.4) is 0 Å². The molecule has 0 saturated heterocycles. The van der Waals surface area contributed by atoms with Crippen LogP contribution in [0, 0.1) is 0 Å². The summed E-state index contributed by atoms with van der Waals surface area (Å²) in [5.74, 6) is -0.468. The van der Waals surface area contributed by atoms with Crippen molar-refractivity contribution >= 4 is 28.8 Å². The summed E-state index contributed by atoms with van der Waals surface area (Å²) in [4.78, 5) is 21.5. The number of benzene rings is 2. The van der Waals surface area contributed by atoms with Crippen molar-refractivity contribution < 1.29 is 24.2 Å². The number of hydrogen-bond donors (Lipinski definition) is 1. The van der Waals surface area contributed by atoms with E-state index in [1.165, 1.54) is 6.08 Å². The summed E-state index contributed by atoms with van der Waals surface area (Å²) in [5, 5.41) is 10.8. The Morgan fingerprint density at radius 1 is 0.897 bits per heavy atom. The Hall–Kier alpha value is -3.08. The molecule has 0 amide bonds. The first-order valence-electron chi connectivity index (χ1n) is 9.95. The molecule has 29 heavy (non-hydrogen) atoms. The molecular weight excluding hydrogens is 368 g/mol. The Kier molecular flexibility index (Phi) is 9.49. The molecule has 0 heterocycles. The molecule has 0 radical (unpaired) electrons. The van der Waals surface area contributed by atoms with Crippen molar-refractivity contribution in [2.45, 2.75) is 38.5 Å². The first-order valence-corrected chi connectivity index (χ1v) is 9.95. The quantitative estimate of drug-likeness (QED) is 0.279. The second-order valence-electron chi connectivity index (χ2n) is 6.78. The molecule has 154 valence electrons. The maximum absolute atomic E-state index is 10.9. The highest BCUT2D eigenvalue weighted by atomic mass is 16.5. The second-order valence-corrected chi connectivity index (χ2v) is 6.78. The third kappa shape index (κ3) is 8.64. The molecule has 0 fully saturated rings. The summed E-state index contributed by atoms with van der Waals surface area (Å²) in [6.07, 6.45) is 10.2. The summed E-state index contributed by atoms with van der Waals surface area (Å²) >= 11 is 0. The van der Waals surface area contributed by atoms with Crippen molar-refractivity contribution in [1.82, 2.24) is 0 Å². The fourth-order valence-corrected chi connectivity index (χ4v) is 2.94. The van der Waals surface area contributed by atoms with Gasteiger partial charge in [0, 0.05) is 12.2 Å². The summed E-state index contributed by atoms with van der Waals surface area (Å²) in [6, 6.07) is 11.8. The minimum absolute atomic E-state index is 0.355. The Balaban J connectivity index is 1.64. The van der Waals surface area contributed by atoms with Crippen LogP contribution in [0.5, 0.6) is 5.75 Å². The molecule has 0 bridgehead atoms. The number of carbonyl (C=O) groups excluding carboxylic acids is 1. The lowest BCUT2D eigenvalue weighted by Crippen LogP contribution is -2.01. The first kappa shape index (κ1) is 22.2. The van der Waals surface area contributed by atoms with Gasteiger partial charge in [0.1, 0.15) is 5.75 Å². The van der Waals surface area contributed by atoms with Crippen LogP contribution in [0.15, 0.2) is 55.1 Å². The van der Waals surface area contributed by atoms with Gasteiger partial charge >= 0.3 is 11.9 Å². The molecule has 0 aliphatic rings. The standard InChI is InChI=1S/C24H28O5/c1-2-24(27)29-16-8-6-4-3-5-7-15-28-22-13-12-20-17-19(10-14-23(25)26)9-11-21(20)18-22/h2,9-14,17-18H,1,3-8,15-16H2,(H,25,26)/b14-10+. The van der Waals surface area contributed by atoms with Gasteiger partial charge in [-0.25, -0.2) is 9.59 Å². The molecule has 0 aliphatic carbocycles. The van der Waals surface area contributed by atoms with Gasteiger partial charge in [0.25, 0.3) is 0 Å². The topological polar surface area (TPSA) is 72.8 Å². The normalized spacial score (nSPS) is 10.9. The van der Waals surface area contributed by atoms with Gasteiger partial charge in [-0.3, -0.25) is 0 Å². The number of ether oxygens (including phenoxy) is 2. The molecule has 5 heteroatoms. The van der Waals surface area contributed by atoms with E-state index < -0.39 is 5.97 Å². The number of carboxylic acid groups (broad SMARTS) is 1. The van der Waals surface area contributed by atoms with E-state index in [0.29, 0.717) is 13.2 Å². The Morgan fingerprint density at radius 3 is 2.28 bits per heavy atom. The Morgan fingerprint density at radius 2 is 1.55 bits per heavy atom. The highest BCUT2D eigenvalue weighted by Crippen LogP contribution is 2.23. The highest BCUT2D eigenvalue weighted by molar-refractivity contribution is 5.89. The van der Waals surface area contributed by atoms with Gasteiger partial charge in [0.2, 0.25) is 0 Å². The van der Waals surface area contributed by atoms with Crippen LogP contribution in [-0.4, -0.2) is 30.3 Å². The summed E-state index contributed by atoms with van der Waals surface area (Å²) in [7, 11) is 0. The number of esters is 1. The summed E-state index contributed by atoms with van der Waals surface area (Å²) < 4.78 is 10.8. The summed E-state index contributed by atoms with van der Waals surface area (Å²) in [6.45, 7) is 4.51. The van der Waals surface area contributed by atoms with E-state index in [2.05, 4.69) is 6.58 Å². The third-order valence-corrected chi connectivity index (χ3v) is 4.47. The minimum atomic E-state index is -0.956. The number of aliphatic carboxylic acids is 1. The average molecular weight is 396 g/mol. The molecular formula is C24H28O5. The van der Waals surface area contributed by atoms with E-state index in [0.717, 1.165) is 66.7 Å². The van der Waals surface area contributed by atoms with Crippen molar-refractivity contribution in [2.75, 3.05) is 13.2 Å². The molecule has 0 atom stereocenters. The predicted octanol–water partition coefficient (Wildman–Crippen LogP) is 5.39. The first-order chi connectivity index (χ1) is 14.1. The molecule has 5 nitrogen and oxygen atoms in total. The Labute approximate surface area is 171 Å². The molecule has 2 rings (SSSR count). The van der Waals surface area contributed by atoms with E-state index in [1.807, 2.05) is 36.4 Å². The van der Waals surface area contributed by atoms with Crippen molar-refractivity contribution in [1.29, 1.82) is 0 Å². The number of unbranched alkanes of at least 4 members (excludes halogenated alkanes) is 5. The minimum Gasteiger partial charge on any atom is -0.494 e. The van der Waals surface area contributed by atoms with E-state index >= 15 is 0 Å². The molecule has 0 saturated carbocycles. The van der Waals surface area contributed by atoms with Crippen LogP contribution in [0.4, 0.5) is 0 Å². The number of carbonyl (C=O) groups is 2. The fraction of sp³-hybridized carbons (Fsp3) is 0.333. The Bertz CT molecular complexity index is 853. The largest absolute Gasteiger partial charge is 0.494 e. The molecule has 2 aromatic rings. The maximum Gasteiger partial charge on any atom is 0.330 e. The molecule has 0 unspecified atom stereocenters. The van der Waals surface area contributed by atoms with Gasteiger partial charge in [0.15, 0.2) is 0 Å². The molecule has 0 aromatic heterocycles. The molecule has 0 aliphatic heterocycles. The van der Waals surface area contributed by atoms with Crippen molar-refractivity contribution in [3.8, 4) is 5.75 Å². The lowest BCUT2D eigenvalue weighted by molar-refractivity contribution is -0.138. The molecule has 1 N–H and O–H groups in total. The van der Waals surface area contributed by atoms with Crippen LogP contribution >= 0.6 is 0 Å². The van der Waals surface area contributed by atoms with Crippen molar-refractivity contribution in [3.63, 3.8) is 0 Å². The van der Waals surface area contributed by atoms with Gasteiger partial charge in [-0.2, -0.15) is 0 Å². The summed E-state index contributed by atoms with van der Waals surface area (Å²) in [5.41, 5.74) is 0.854. The zero-order chi connectivity index (χ0) is 20.9. The van der Waals surface area contributed by atoms with E-state index in [9.17, 15) is 9.59 Å². The van der Waals surface area contributed by atoms with Crippen LogP contribution in [0.25, 0.3) is 16.8 Å². The molecule has 2 aromatic carbocycles. The van der Waals surface area contributed by atoms with Crippen molar-refractivity contribution in [3.05, 3.63) is 60.7 Å². The van der Waals surface area contributed by atoms with Gasteiger partial charge in [-0.1, -0.05) is 50.5 Å². The van der Waals surface area contributed by atoms with E-state index in [-0.39, 0.29) is 5.97 Å². The van der Waals surface area contributed by atoms with Crippen LogP contribution < -0.4 is 4.74 Å². The van der Waals surface area contributed by atoms with Crippen LogP contribution in [-0.2, 0) is 14.3 Å². The molecule has 0 spiro atoms. The average Bonchev–Trinajstić information content (AvgIpc) is 2.73. The SMILES string of the molecule is C=CC(=O)OCCCCCCCCOc1ccc2cc(/C=C/C(=O)O)ccc2c1. The van der Waals surface area contributed by atoms with Gasteiger partial charge in [-0.15, -0.1) is 0 Å². The monoisotopic (exact) mass is 396 g/mol. The van der Waals surface area contributed by atoms with Crippen LogP contribution in [0.2, 0.25) is 0 Å².